The standard InChI is InChI=1S/C13H13N3S/c14-13(17)11-5-1-2-6-12(11)16-9-10-4-3-7-15-8-10/h1-8,16H,9H2,(H2,14,17). The molecular formula is C13H13N3S. The molecule has 0 aliphatic heterocycles. The molecule has 3 N–H and O–H groups in total. The maximum Gasteiger partial charge on any atom is 0.106 e. The van der Waals surface area contributed by atoms with Crippen molar-refractivity contribution in [1.82, 2.24) is 4.98 Å². The van der Waals surface area contributed by atoms with Gasteiger partial charge in [0, 0.05) is 30.2 Å². The lowest BCUT2D eigenvalue weighted by Gasteiger charge is -2.10. The molecule has 0 bridgehead atoms. The predicted molar refractivity (Wildman–Crippen MR) is 73.9 cm³/mol. The van der Waals surface area contributed by atoms with Crippen molar-refractivity contribution < 1.29 is 0 Å². The first-order valence-electron chi connectivity index (χ1n) is 5.29. The molecule has 0 fully saturated rings. The van der Waals surface area contributed by atoms with E-state index in [9.17, 15) is 0 Å². The molecule has 0 aliphatic rings. The van der Waals surface area contributed by atoms with Crippen LogP contribution in [0, 0.1) is 0 Å². The summed E-state index contributed by atoms with van der Waals surface area (Å²) in [6.07, 6.45) is 3.59. The second-order valence-corrected chi connectivity index (χ2v) is 4.06. The van der Waals surface area contributed by atoms with Crippen molar-refractivity contribution in [2.45, 2.75) is 6.54 Å². The van der Waals surface area contributed by atoms with Gasteiger partial charge in [0.1, 0.15) is 4.99 Å². The average molecular weight is 243 g/mol. The highest BCUT2D eigenvalue weighted by atomic mass is 32.1. The van der Waals surface area contributed by atoms with Gasteiger partial charge in [-0.1, -0.05) is 30.4 Å². The van der Waals surface area contributed by atoms with E-state index in [0.717, 1.165) is 16.8 Å². The van der Waals surface area contributed by atoms with Crippen LogP contribution in [0.15, 0.2) is 48.8 Å². The number of nitrogens with two attached hydrogens (primary N) is 1. The summed E-state index contributed by atoms with van der Waals surface area (Å²) in [4.78, 5) is 4.47. The van der Waals surface area contributed by atoms with Crippen LogP contribution in [0.1, 0.15) is 11.1 Å². The normalized spacial score (nSPS) is 9.88. The van der Waals surface area contributed by atoms with Gasteiger partial charge in [-0.2, -0.15) is 0 Å². The zero-order chi connectivity index (χ0) is 12.1. The Morgan fingerprint density at radius 1 is 1.24 bits per heavy atom. The molecule has 3 nitrogen and oxygen atoms in total. The predicted octanol–water partition coefficient (Wildman–Crippen LogP) is 2.33. The zero-order valence-electron chi connectivity index (χ0n) is 9.26. The molecule has 0 atom stereocenters. The minimum atomic E-state index is 0.402. The topological polar surface area (TPSA) is 50.9 Å². The molecule has 0 saturated carbocycles. The van der Waals surface area contributed by atoms with Gasteiger partial charge in [0.25, 0.3) is 0 Å². The molecule has 0 amide bonds. The van der Waals surface area contributed by atoms with Crippen molar-refractivity contribution in [3.05, 3.63) is 59.9 Å². The van der Waals surface area contributed by atoms with Crippen LogP contribution < -0.4 is 11.1 Å². The van der Waals surface area contributed by atoms with Gasteiger partial charge in [0.15, 0.2) is 0 Å². The van der Waals surface area contributed by atoms with Crippen molar-refractivity contribution in [1.29, 1.82) is 0 Å². The van der Waals surface area contributed by atoms with E-state index in [1.165, 1.54) is 0 Å². The number of anilines is 1. The SMILES string of the molecule is NC(=S)c1ccccc1NCc1cccnc1. The van der Waals surface area contributed by atoms with Gasteiger partial charge in [-0.25, -0.2) is 0 Å². The van der Waals surface area contributed by atoms with Crippen LogP contribution in [0.4, 0.5) is 5.69 Å². The number of nitrogens with zero attached hydrogens (tertiary/aromatic N) is 1. The number of rotatable bonds is 4. The number of benzene rings is 1. The van der Waals surface area contributed by atoms with Crippen molar-refractivity contribution >= 4 is 22.9 Å². The Bertz CT molecular complexity index is 511. The van der Waals surface area contributed by atoms with Crippen LogP contribution in [0.5, 0.6) is 0 Å². The first-order chi connectivity index (χ1) is 8.27. The van der Waals surface area contributed by atoms with Crippen LogP contribution in [0.25, 0.3) is 0 Å². The summed E-state index contributed by atoms with van der Waals surface area (Å²) in [7, 11) is 0. The highest BCUT2D eigenvalue weighted by Crippen LogP contribution is 2.15. The van der Waals surface area contributed by atoms with Gasteiger partial charge >= 0.3 is 0 Å². The fourth-order valence-electron chi connectivity index (χ4n) is 1.55. The van der Waals surface area contributed by atoms with Crippen molar-refractivity contribution in [3.63, 3.8) is 0 Å². The Morgan fingerprint density at radius 3 is 2.76 bits per heavy atom. The average Bonchev–Trinajstić information content (AvgIpc) is 2.38. The monoisotopic (exact) mass is 243 g/mol. The molecule has 1 aromatic carbocycles. The number of thiocarbonyl (C=S) groups is 1. The Kier molecular flexibility index (Phi) is 3.67. The summed E-state index contributed by atoms with van der Waals surface area (Å²) in [5.41, 5.74) is 8.59. The molecule has 2 aromatic rings. The lowest BCUT2D eigenvalue weighted by molar-refractivity contribution is 1.11. The smallest absolute Gasteiger partial charge is 0.106 e. The molecule has 2 rings (SSSR count). The zero-order valence-corrected chi connectivity index (χ0v) is 10.1. The summed E-state index contributed by atoms with van der Waals surface area (Å²) in [5, 5.41) is 3.30. The maximum absolute atomic E-state index is 5.66. The minimum Gasteiger partial charge on any atom is -0.389 e. The van der Waals surface area contributed by atoms with E-state index in [4.69, 9.17) is 18.0 Å². The van der Waals surface area contributed by atoms with Gasteiger partial charge in [0.05, 0.1) is 0 Å². The number of aromatic nitrogens is 1. The van der Waals surface area contributed by atoms with Crippen LogP contribution in [-0.4, -0.2) is 9.97 Å². The van der Waals surface area contributed by atoms with Gasteiger partial charge in [-0.15, -0.1) is 0 Å². The molecule has 0 aliphatic carbocycles. The fraction of sp³-hybridized carbons (Fsp3) is 0.0769. The molecule has 86 valence electrons. The third-order valence-corrected chi connectivity index (χ3v) is 2.62. The molecule has 1 aromatic heterocycles. The molecule has 0 radical (unpaired) electrons. The van der Waals surface area contributed by atoms with Crippen LogP contribution >= 0.6 is 12.2 Å². The van der Waals surface area contributed by atoms with Gasteiger partial charge < -0.3 is 11.1 Å². The molecule has 4 heteroatoms. The number of hydrogen-bond acceptors (Lipinski definition) is 3. The van der Waals surface area contributed by atoms with Gasteiger partial charge in [0.2, 0.25) is 0 Å². The van der Waals surface area contributed by atoms with E-state index in [0.29, 0.717) is 11.5 Å². The van der Waals surface area contributed by atoms with Crippen molar-refractivity contribution in [2.24, 2.45) is 5.73 Å². The summed E-state index contributed by atoms with van der Waals surface area (Å²) >= 11 is 5.01. The van der Waals surface area contributed by atoms with Gasteiger partial charge in [-0.05, 0) is 23.8 Å². The van der Waals surface area contributed by atoms with E-state index >= 15 is 0 Å². The molecule has 17 heavy (non-hydrogen) atoms. The Labute approximate surface area is 106 Å². The third-order valence-electron chi connectivity index (χ3n) is 2.40. The maximum atomic E-state index is 5.66. The third kappa shape index (κ3) is 3.01. The number of pyridine rings is 1. The summed E-state index contributed by atoms with van der Waals surface area (Å²) in [6, 6.07) is 11.7. The molecule has 1 heterocycles. The first-order valence-corrected chi connectivity index (χ1v) is 5.70. The van der Waals surface area contributed by atoms with Gasteiger partial charge in [-0.3, -0.25) is 4.98 Å². The fourth-order valence-corrected chi connectivity index (χ4v) is 1.73. The molecular weight excluding hydrogens is 230 g/mol. The number of hydrogen-bond donors (Lipinski definition) is 2. The first kappa shape index (κ1) is 11.5. The van der Waals surface area contributed by atoms with E-state index in [2.05, 4.69) is 10.3 Å². The van der Waals surface area contributed by atoms with Crippen LogP contribution in [0.3, 0.4) is 0 Å². The van der Waals surface area contributed by atoms with E-state index in [1.807, 2.05) is 42.6 Å². The highest BCUT2D eigenvalue weighted by Gasteiger charge is 2.03. The van der Waals surface area contributed by atoms with Crippen molar-refractivity contribution in [3.8, 4) is 0 Å². The number of nitrogens with one attached hydrogen (secondary N) is 1. The lowest BCUT2D eigenvalue weighted by atomic mass is 10.1. The Morgan fingerprint density at radius 2 is 2.06 bits per heavy atom. The highest BCUT2D eigenvalue weighted by molar-refractivity contribution is 7.80. The van der Waals surface area contributed by atoms with E-state index in [1.54, 1.807) is 6.20 Å². The molecule has 0 spiro atoms. The van der Waals surface area contributed by atoms with Crippen LogP contribution in [0.2, 0.25) is 0 Å². The second-order valence-electron chi connectivity index (χ2n) is 3.62. The lowest BCUT2D eigenvalue weighted by Crippen LogP contribution is -2.13. The second kappa shape index (κ2) is 5.41. The Hall–Kier alpha value is -1.94. The minimum absolute atomic E-state index is 0.402. The van der Waals surface area contributed by atoms with Crippen LogP contribution in [-0.2, 0) is 6.54 Å². The summed E-state index contributed by atoms with van der Waals surface area (Å²) in [5.74, 6) is 0. The number of para-hydroxylation sites is 1. The largest absolute Gasteiger partial charge is 0.389 e. The molecule has 0 unspecified atom stereocenters. The van der Waals surface area contributed by atoms with E-state index < -0.39 is 0 Å². The quantitative estimate of drug-likeness (QED) is 0.809. The summed E-state index contributed by atoms with van der Waals surface area (Å²) < 4.78 is 0. The van der Waals surface area contributed by atoms with E-state index in [-0.39, 0.29) is 0 Å². The van der Waals surface area contributed by atoms with Crippen molar-refractivity contribution in [2.75, 3.05) is 5.32 Å². The Balaban J connectivity index is 2.12. The summed E-state index contributed by atoms with van der Waals surface area (Å²) in [6.45, 7) is 0.702. The molecule has 0 saturated heterocycles.